The van der Waals surface area contributed by atoms with E-state index in [2.05, 4.69) is 4.72 Å². The zero-order valence-corrected chi connectivity index (χ0v) is 17.7. The van der Waals surface area contributed by atoms with Crippen LogP contribution in [0.4, 0.5) is 5.69 Å². The number of carboxylic acid groups (broad SMARTS) is 1. The van der Waals surface area contributed by atoms with E-state index >= 15 is 0 Å². The van der Waals surface area contributed by atoms with Crippen LogP contribution in [0, 0.1) is 10.1 Å². The van der Waals surface area contributed by atoms with E-state index in [0.29, 0.717) is 31.2 Å². The predicted molar refractivity (Wildman–Crippen MR) is 114 cm³/mol. The summed E-state index contributed by atoms with van der Waals surface area (Å²) in [5.74, 6) is -0.948. The normalized spacial score (nSPS) is 14.8. The van der Waals surface area contributed by atoms with Crippen molar-refractivity contribution in [2.45, 2.75) is 57.8 Å². The van der Waals surface area contributed by atoms with E-state index in [9.17, 15) is 23.3 Å². The fraction of sp³-hybridized carbons (Fsp3) is 0.476. The molecule has 0 atom stereocenters. The third kappa shape index (κ3) is 8.36. The van der Waals surface area contributed by atoms with Gasteiger partial charge in [0.25, 0.3) is 5.69 Å². The van der Waals surface area contributed by atoms with Crippen LogP contribution in [0.5, 0.6) is 0 Å². The van der Waals surface area contributed by atoms with Crippen LogP contribution in [0.1, 0.15) is 56.9 Å². The molecule has 2 N–H and O–H groups in total. The molecule has 8 nitrogen and oxygen atoms in total. The summed E-state index contributed by atoms with van der Waals surface area (Å²) in [6, 6.07) is 6.02. The molecule has 30 heavy (non-hydrogen) atoms. The number of hydrogen-bond acceptors (Lipinski definition) is 5. The highest BCUT2D eigenvalue weighted by molar-refractivity contribution is 7.89. The van der Waals surface area contributed by atoms with Crippen LogP contribution in [0.25, 0.3) is 0 Å². The van der Waals surface area contributed by atoms with Gasteiger partial charge in [0.1, 0.15) is 0 Å². The fourth-order valence-electron chi connectivity index (χ4n) is 3.35. The van der Waals surface area contributed by atoms with Crippen LogP contribution >= 0.6 is 0 Å². The number of aryl methyl sites for hydroxylation is 1. The number of sulfonamides is 1. The average Bonchev–Trinajstić information content (AvgIpc) is 2.70. The van der Waals surface area contributed by atoms with Crippen LogP contribution in [-0.4, -0.2) is 30.2 Å². The molecule has 0 bridgehead atoms. The summed E-state index contributed by atoms with van der Waals surface area (Å²) < 4.78 is 27.9. The molecule has 9 heteroatoms. The molecule has 2 rings (SSSR count). The third-order valence-corrected chi connectivity index (χ3v) is 6.23. The maximum absolute atomic E-state index is 12.6. The molecule has 164 valence electrons. The average molecular weight is 437 g/mol. The van der Waals surface area contributed by atoms with Crippen molar-refractivity contribution < 1.29 is 23.2 Å². The second-order valence-corrected chi connectivity index (χ2v) is 9.19. The first-order chi connectivity index (χ1) is 14.3. The monoisotopic (exact) mass is 436 g/mol. The minimum Gasteiger partial charge on any atom is -0.481 e. The first-order valence-electron chi connectivity index (χ1n) is 10.1. The highest BCUT2D eigenvalue weighted by Gasteiger charge is 2.18. The van der Waals surface area contributed by atoms with Gasteiger partial charge in [-0.1, -0.05) is 24.3 Å². The van der Waals surface area contributed by atoms with Crippen LogP contribution in [0.3, 0.4) is 0 Å². The molecule has 0 aliphatic heterocycles. The summed E-state index contributed by atoms with van der Waals surface area (Å²) in [6.07, 6.45) is 9.63. The van der Waals surface area contributed by atoms with E-state index < -0.39 is 20.9 Å². The lowest BCUT2D eigenvalue weighted by Gasteiger charge is -2.21. The number of nitro benzene ring substituents is 1. The number of nitrogens with one attached hydrogen (secondary N) is 1. The number of allylic oxidation sites excluding steroid dienone is 4. The zero-order chi connectivity index (χ0) is 22.0. The summed E-state index contributed by atoms with van der Waals surface area (Å²) in [7, 11) is -3.56. The lowest BCUT2D eigenvalue weighted by Crippen LogP contribution is -2.28. The summed E-state index contributed by atoms with van der Waals surface area (Å²) in [5.41, 5.74) is 2.37. The smallest absolute Gasteiger partial charge is 0.303 e. The highest BCUT2D eigenvalue weighted by Crippen LogP contribution is 2.26. The summed E-state index contributed by atoms with van der Waals surface area (Å²) >= 11 is 0. The van der Waals surface area contributed by atoms with Crippen LogP contribution < -0.4 is 4.72 Å². The number of unbranched alkanes of at least 4 members (excludes halogenated alkanes) is 1. The molecule has 1 aromatic rings. The quantitative estimate of drug-likeness (QED) is 0.220. The first kappa shape index (κ1) is 23.6. The van der Waals surface area contributed by atoms with Crippen molar-refractivity contribution in [1.29, 1.82) is 0 Å². The van der Waals surface area contributed by atoms with Gasteiger partial charge in [-0.05, 0) is 62.5 Å². The molecule has 0 saturated heterocycles. The Morgan fingerprint density at radius 2 is 2.00 bits per heavy atom. The van der Waals surface area contributed by atoms with Crippen molar-refractivity contribution in [2.24, 2.45) is 0 Å². The Morgan fingerprint density at radius 3 is 2.73 bits per heavy atom. The molecule has 0 aromatic heterocycles. The maximum atomic E-state index is 12.6. The van der Waals surface area contributed by atoms with Crippen molar-refractivity contribution in [2.75, 3.05) is 5.75 Å². The SMILES string of the molecule is O=C(O)CCCC=CCC1=C(NS(=O)(=O)CCc2cccc([N+](=O)[O-])c2)CCCC1. The molecular weight excluding hydrogens is 408 g/mol. The lowest BCUT2D eigenvalue weighted by molar-refractivity contribution is -0.384. The number of non-ortho nitro benzene ring substituents is 1. The van der Waals surface area contributed by atoms with Gasteiger partial charge in [-0.3, -0.25) is 19.6 Å². The number of carboxylic acids is 1. The number of nitro groups is 1. The Labute approximate surface area is 176 Å². The van der Waals surface area contributed by atoms with Crippen LogP contribution in [0.15, 0.2) is 47.7 Å². The van der Waals surface area contributed by atoms with Crippen molar-refractivity contribution in [3.8, 4) is 0 Å². The molecule has 1 aromatic carbocycles. The van der Waals surface area contributed by atoms with Crippen molar-refractivity contribution >= 4 is 21.7 Å². The Bertz CT molecular complexity index is 921. The second kappa shape index (κ2) is 11.5. The molecular formula is C21H28N2O6S. The molecule has 0 heterocycles. The first-order valence-corrected chi connectivity index (χ1v) is 11.7. The molecule has 0 spiro atoms. The minimum absolute atomic E-state index is 0.0507. The largest absolute Gasteiger partial charge is 0.481 e. The molecule has 1 aliphatic rings. The predicted octanol–water partition coefficient (Wildman–Crippen LogP) is 4.09. The number of benzene rings is 1. The molecule has 0 saturated carbocycles. The molecule has 1 aliphatic carbocycles. The molecule has 0 unspecified atom stereocenters. The topological polar surface area (TPSA) is 127 Å². The Morgan fingerprint density at radius 1 is 1.23 bits per heavy atom. The molecule has 0 radical (unpaired) electrons. The Hall–Kier alpha value is -2.68. The third-order valence-electron chi connectivity index (χ3n) is 4.93. The zero-order valence-electron chi connectivity index (χ0n) is 16.9. The number of nitrogens with zero attached hydrogens (tertiary/aromatic N) is 1. The van der Waals surface area contributed by atoms with Gasteiger partial charge in [-0.25, -0.2) is 8.42 Å². The van der Waals surface area contributed by atoms with Gasteiger partial charge < -0.3 is 5.11 Å². The van der Waals surface area contributed by atoms with E-state index in [0.717, 1.165) is 30.5 Å². The van der Waals surface area contributed by atoms with Gasteiger partial charge >= 0.3 is 5.97 Å². The van der Waals surface area contributed by atoms with Crippen molar-refractivity contribution in [3.05, 3.63) is 63.4 Å². The van der Waals surface area contributed by atoms with E-state index in [4.69, 9.17) is 5.11 Å². The van der Waals surface area contributed by atoms with Gasteiger partial charge in [0.2, 0.25) is 10.0 Å². The number of aliphatic carboxylic acids is 1. The number of rotatable bonds is 12. The summed E-state index contributed by atoms with van der Waals surface area (Å²) in [6.45, 7) is 0. The second-order valence-electron chi connectivity index (χ2n) is 7.35. The molecule has 0 fully saturated rings. The van der Waals surface area contributed by atoms with Crippen molar-refractivity contribution in [1.82, 2.24) is 4.72 Å². The van der Waals surface area contributed by atoms with E-state index in [1.165, 1.54) is 12.1 Å². The lowest BCUT2D eigenvalue weighted by atomic mass is 9.94. The number of carbonyl (C=O) groups is 1. The standard InChI is InChI=1S/C21H28N2O6S/c24-21(25)13-4-2-1-3-9-18-10-5-6-12-20(18)22-30(28,29)15-14-17-8-7-11-19(16-17)23(26)27/h1,3,7-8,11,16,22H,2,4-6,9-10,12-15H2,(H,24,25). The summed E-state index contributed by atoms with van der Waals surface area (Å²) in [4.78, 5) is 20.9. The van der Waals surface area contributed by atoms with E-state index in [-0.39, 0.29) is 24.3 Å². The Kier molecular flexibility index (Phi) is 9.04. The molecule has 0 amide bonds. The van der Waals surface area contributed by atoms with E-state index in [1.807, 2.05) is 12.2 Å². The summed E-state index contributed by atoms with van der Waals surface area (Å²) in [5, 5.41) is 19.5. The van der Waals surface area contributed by atoms with Gasteiger partial charge in [0, 0.05) is 24.3 Å². The van der Waals surface area contributed by atoms with Gasteiger partial charge in [-0.15, -0.1) is 0 Å². The number of hydrogen-bond donors (Lipinski definition) is 2. The van der Waals surface area contributed by atoms with Gasteiger partial charge in [0.15, 0.2) is 0 Å². The van der Waals surface area contributed by atoms with Gasteiger partial charge in [-0.2, -0.15) is 0 Å². The minimum atomic E-state index is -3.56. The highest BCUT2D eigenvalue weighted by atomic mass is 32.2. The van der Waals surface area contributed by atoms with Crippen LogP contribution in [-0.2, 0) is 21.2 Å². The Balaban J connectivity index is 1.94. The van der Waals surface area contributed by atoms with Crippen LogP contribution in [0.2, 0.25) is 0 Å². The fourth-order valence-corrected chi connectivity index (χ4v) is 4.58. The van der Waals surface area contributed by atoms with E-state index in [1.54, 1.807) is 12.1 Å². The maximum Gasteiger partial charge on any atom is 0.303 e. The van der Waals surface area contributed by atoms with Gasteiger partial charge in [0.05, 0.1) is 10.7 Å². The van der Waals surface area contributed by atoms with Crippen molar-refractivity contribution in [3.63, 3.8) is 0 Å².